The molecule has 0 saturated carbocycles. The van der Waals surface area contributed by atoms with Gasteiger partial charge < -0.3 is 20.6 Å². The van der Waals surface area contributed by atoms with E-state index in [0.717, 1.165) is 6.07 Å². The van der Waals surface area contributed by atoms with Crippen LogP contribution in [0.3, 0.4) is 0 Å². The standard InChI is InChI=1S/C11H13FN2O3/c12-9-2-1-3-10(8(9)4-13)14-11(5-15,6-16)7-17/h1-3,14-17H,5-7H2. The summed E-state index contributed by atoms with van der Waals surface area (Å²) >= 11 is 0. The molecule has 0 amide bonds. The van der Waals surface area contributed by atoms with Crippen LogP contribution in [-0.4, -0.2) is 40.7 Å². The molecule has 1 rings (SSSR count). The van der Waals surface area contributed by atoms with Gasteiger partial charge in [0.15, 0.2) is 0 Å². The highest BCUT2D eigenvalue weighted by Gasteiger charge is 2.28. The lowest BCUT2D eigenvalue weighted by Crippen LogP contribution is -2.49. The smallest absolute Gasteiger partial charge is 0.143 e. The fourth-order valence-electron chi connectivity index (χ4n) is 1.30. The van der Waals surface area contributed by atoms with Crippen molar-refractivity contribution in [2.45, 2.75) is 5.54 Å². The molecule has 1 aromatic rings. The van der Waals surface area contributed by atoms with E-state index in [1.165, 1.54) is 12.1 Å². The lowest BCUT2D eigenvalue weighted by atomic mass is 10.0. The molecule has 17 heavy (non-hydrogen) atoms. The number of hydrogen-bond acceptors (Lipinski definition) is 5. The molecular weight excluding hydrogens is 227 g/mol. The predicted molar refractivity (Wildman–Crippen MR) is 58.7 cm³/mol. The van der Waals surface area contributed by atoms with Crippen LogP contribution < -0.4 is 5.32 Å². The van der Waals surface area contributed by atoms with Crippen LogP contribution >= 0.6 is 0 Å². The van der Waals surface area contributed by atoms with E-state index in [-0.39, 0.29) is 11.3 Å². The quantitative estimate of drug-likeness (QED) is 0.572. The van der Waals surface area contributed by atoms with Crippen LogP contribution in [-0.2, 0) is 0 Å². The number of halogens is 1. The Morgan fingerprint density at radius 3 is 2.29 bits per heavy atom. The first kappa shape index (κ1) is 13.4. The van der Waals surface area contributed by atoms with Gasteiger partial charge in [0.1, 0.15) is 23.0 Å². The largest absolute Gasteiger partial charge is 0.394 e. The Hall–Kier alpha value is -1.68. The van der Waals surface area contributed by atoms with Gasteiger partial charge in [0.25, 0.3) is 0 Å². The van der Waals surface area contributed by atoms with Gasteiger partial charge in [-0.25, -0.2) is 4.39 Å². The highest BCUT2D eigenvalue weighted by Crippen LogP contribution is 2.21. The Balaban J connectivity index is 3.10. The molecule has 92 valence electrons. The molecule has 0 heterocycles. The predicted octanol–water partition coefficient (Wildman–Crippen LogP) is -0.175. The average Bonchev–Trinajstić information content (AvgIpc) is 2.36. The van der Waals surface area contributed by atoms with Crippen LogP contribution in [0.25, 0.3) is 0 Å². The maximum absolute atomic E-state index is 13.3. The molecule has 4 N–H and O–H groups in total. The summed E-state index contributed by atoms with van der Waals surface area (Å²) in [5, 5.41) is 38.7. The summed E-state index contributed by atoms with van der Waals surface area (Å²) in [6, 6.07) is 5.62. The Morgan fingerprint density at radius 1 is 1.24 bits per heavy atom. The third-order valence-electron chi connectivity index (χ3n) is 2.43. The monoisotopic (exact) mass is 240 g/mol. The second kappa shape index (κ2) is 5.59. The topological polar surface area (TPSA) is 96.5 Å². The number of nitrogens with one attached hydrogen (secondary N) is 1. The number of nitriles is 1. The molecule has 0 aliphatic heterocycles. The van der Waals surface area contributed by atoms with Gasteiger partial charge in [0.2, 0.25) is 0 Å². The summed E-state index contributed by atoms with van der Waals surface area (Å²) in [5.74, 6) is -0.708. The summed E-state index contributed by atoms with van der Waals surface area (Å²) in [6.07, 6.45) is 0. The third kappa shape index (κ3) is 2.71. The third-order valence-corrected chi connectivity index (χ3v) is 2.43. The van der Waals surface area contributed by atoms with Crippen molar-refractivity contribution in [3.63, 3.8) is 0 Å². The zero-order valence-corrected chi connectivity index (χ0v) is 9.02. The summed E-state index contributed by atoms with van der Waals surface area (Å²) in [6.45, 7) is -1.66. The second-order valence-corrected chi connectivity index (χ2v) is 3.65. The lowest BCUT2D eigenvalue weighted by molar-refractivity contribution is 0.0833. The van der Waals surface area contributed by atoms with E-state index in [2.05, 4.69) is 5.32 Å². The second-order valence-electron chi connectivity index (χ2n) is 3.65. The van der Waals surface area contributed by atoms with Crippen molar-refractivity contribution >= 4 is 5.69 Å². The zero-order valence-electron chi connectivity index (χ0n) is 9.02. The first-order chi connectivity index (χ1) is 8.12. The Morgan fingerprint density at radius 2 is 1.82 bits per heavy atom. The van der Waals surface area contributed by atoms with E-state index in [9.17, 15) is 4.39 Å². The van der Waals surface area contributed by atoms with Crippen LogP contribution in [0, 0.1) is 17.1 Å². The number of nitrogens with zero attached hydrogens (tertiary/aromatic N) is 1. The van der Waals surface area contributed by atoms with Gasteiger partial charge in [0, 0.05) is 0 Å². The highest BCUT2D eigenvalue weighted by atomic mass is 19.1. The molecule has 0 unspecified atom stereocenters. The fourth-order valence-corrected chi connectivity index (χ4v) is 1.30. The molecule has 0 aliphatic carbocycles. The van der Waals surface area contributed by atoms with E-state index in [0.29, 0.717) is 0 Å². The highest BCUT2D eigenvalue weighted by molar-refractivity contribution is 5.59. The number of hydrogen-bond donors (Lipinski definition) is 4. The van der Waals surface area contributed by atoms with Crippen LogP contribution in [0.2, 0.25) is 0 Å². The summed E-state index contributed by atoms with van der Waals surface area (Å²) in [5.41, 5.74) is -1.50. The van der Waals surface area contributed by atoms with Crippen molar-refractivity contribution in [3.05, 3.63) is 29.6 Å². The van der Waals surface area contributed by atoms with Crippen molar-refractivity contribution in [2.24, 2.45) is 0 Å². The van der Waals surface area contributed by atoms with Crippen molar-refractivity contribution in [1.29, 1.82) is 5.26 Å². The molecule has 0 aliphatic rings. The first-order valence-corrected chi connectivity index (χ1v) is 4.92. The van der Waals surface area contributed by atoms with Gasteiger partial charge in [-0.3, -0.25) is 0 Å². The maximum Gasteiger partial charge on any atom is 0.143 e. The van der Waals surface area contributed by atoms with Gasteiger partial charge in [-0.15, -0.1) is 0 Å². The summed E-state index contributed by atoms with van der Waals surface area (Å²) < 4.78 is 13.3. The number of rotatable bonds is 5. The average molecular weight is 240 g/mol. The van der Waals surface area contributed by atoms with Crippen molar-refractivity contribution in [3.8, 4) is 6.07 Å². The molecule has 5 nitrogen and oxygen atoms in total. The minimum Gasteiger partial charge on any atom is -0.394 e. The van der Waals surface area contributed by atoms with Crippen molar-refractivity contribution in [1.82, 2.24) is 0 Å². The maximum atomic E-state index is 13.3. The van der Waals surface area contributed by atoms with E-state index in [4.69, 9.17) is 20.6 Å². The van der Waals surface area contributed by atoms with Crippen molar-refractivity contribution < 1.29 is 19.7 Å². The van der Waals surface area contributed by atoms with E-state index >= 15 is 0 Å². The summed E-state index contributed by atoms with van der Waals surface area (Å²) in [4.78, 5) is 0. The number of anilines is 1. The van der Waals surface area contributed by atoms with Crippen LogP contribution in [0.5, 0.6) is 0 Å². The molecule has 0 radical (unpaired) electrons. The Bertz CT molecular complexity index is 419. The SMILES string of the molecule is N#Cc1c(F)cccc1NC(CO)(CO)CO. The van der Waals surface area contributed by atoms with Crippen molar-refractivity contribution in [2.75, 3.05) is 25.1 Å². The molecule has 0 fully saturated rings. The van der Waals surface area contributed by atoms with Crippen LogP contribution in [0.4, 0.5) is 10.1 Å². The Labute approximate surface area is 97.7 Å². The van der Waals surface area contributed by atoms with E-state index in [1.807, 2.05) is 0 Å². The molecule has 1 aromatic carbocycles. The van der Waals surface area contributed by atoms with Gasteiger partial charge in [0.05, 0.1) is 25.5 Å². The van der Waals surface area contributed by atoms with E-state index < -0.39 is 31.2 Å². The molecule has 0 saturated heterocycles. The number of aliphatic hydroxyl groups excluding tert-OH is 3. The van der Waals surface area contributed by atoms with Gasteiger partial charge >= 0.3 is 0 Å². The molecule has 0 spiro atoms. The summed E-state index contributed by atoms with van der Waals surface area (Å²) in [7, 11) is 0. The molecular formula is C11H13FN2O3. The molecule has 6 heteroatoms. The molecule has 0 bridgehead atoms. The van der Waals surface area contributed by atoms with Gasteiger partial charge in [-0.05, 0) is 12.1 Å². The molecule has 0 aromatic heterocycles. The number of aliphatic hydroxyl groups is 3. The molecule has 0 atom stereocenters. The van der Waals surface area contributed by atoms with Crippen LogP contribution in [0.1, 0.15) is 5.56 Å². The Kier molecular flexibility index (Phi) is 4.40. The van der Waals surface area contributed by atoms with Crippen LogP contribution in [0.15, 0.2) is 18.2 Å². The minimum atomic E-state index is -1.39. The fraction of sp³-hybridized carbons (Fsp3) is 0.364. The lowest BCUT2D eigenvalue weighted by Gasteiger charge is -2.30. The van der Waals surface area contributed by atoms with E-state index in [1.54, 1.807) is 6.07 Å². The normalized spacial score (nSPS) is 11.0. The van der Waals surface area contributed by atoms with Gasteiger partial charge in [-0.1, -0.05) is 6.07 Å². The first-order valence-electron chi connectivity index (χ1n) is 4.92. The van der Waals surface area contributed by atoms with Gasteiger partial charge in [-0.2, -0.15) is 5.26 Å². The number of benzene rings is 1. The zero-order chi connectivity index (χ0) is 12.9. The minimum absolute atomic E-state index is 0.115.